The van der Waals surface area contributed by atoms with Crippen LogP contribution in [0.4, 0.5) is 0 Å². The minimum atomic E-state index is -0.569. The molecule has 39 heavy (non-hydrogen) atoms. The summed E-state index contributed by atoms with van der Waals surface area (Å²) in [6.07, 6.45) is 4.99. The highest BCUT2D eigenvalue weighted by atomic mass is 35.5. The largest absolute Gasteiger partial charge is 0.361 e. The van der Waals surface area contributed by atoms with Crippen molar-refractivity contribution in [1.29, 1.82) is 0 Å². The number of hydrogen-bond acceptors (Lipinski definition) is 6. The number of rotatable bonds is 6. The van der Waals surface area contributed by atoms with Gasteiger partial charge >= 0.3 is 0 Å². The Morgan fingerprint density at radius 3 is 2.67 bits per heavy atom. The van der Waals surface area contributed by atoms with E-state index in [1.807, 2.05) is 12.1 Å². The van der Waals surface area contributed by atoms with Crippen molar-refractivity contribution >= 4 is 46.1 Å². The van der Waals surface area contributed by atoms with E-state index in [-0.39, 0.29) is 60.7 Å². The van der Waals surface area contributed by atoms with Gasteiger partial charge in [-0.3, -0.25) is 24.2 Å². The van der Waals surface area contributed by atoms with Crippen molar-refractivity contribution in [1.82, 2.24) is 35.4 Å². The number of aromatic nitrogens is 3. The molecule has 0 saturated carbocycles. The van der Waals surface area contributed by atoms with Gasteiger partial charge in [-0.05, 0) is 36.5 Å². The molecule has 12 heteroatoms. The SMILES string of the molecule is CNC(=O)CNC(=O)C1CN(C(=O)Cc2c[nH]c3cc(Cl)ccc23)CC2CN(C(=O)c3cncc(C)n3)CC21. The van der Waals surface area contributed by atoms with Crippen LogP contribution in [0.3, 0.4) is 0 Å². The van der Waals surface area contributed by atoms with Crippen LogP contribution in [0.25, 0.3) is 10.9 Å². The van der Waals surface area contributed by atoms with Crippen LogP contribution in [0.2, 0.25) is 5.02 Å². The van der Waals surface area contributed by atoms with Crippen LogP contribution in [0, 0.1) is 24.7 Å². The van der Waals surface area contributed by atoms with E-state index >= 15 is 0 Å². The van der Waals surface area contributed by atoms with Gasteiger partial charge in [-0.2, -0.15) is 0 Å². The zero-order valence-corrected chi connectivity index (χ0v) is 22.5. The summed E-state index contributed by atoms with van der Waals surface area (Å²) in [6.45, 7) is 3.01. The fourth-order valence-corrected chi connectivity index (χ4v) is 5.79. The van der Waals surface area contributed by atoms with Gasteiger partial charge in [0.15, 0.2) is 0 Å². The predicted molar refractivity (Wildman–Crippen MR) is 144 cm³/mol. The smallest absolute Gasteiger partial charge is 0.274 e. The molecule has 2 aliphatic heterocycles. The number of likely N-dealkylation sites (tertiary alicyclic amines) is 2. The molecule has 5 rings (SSSR count). The van der Waals surface area contributed by atoms with Crippen molar-refractivity contribution in [3.05, 3.63) is 58.8 Å². The number of halogens is 1. The molecular weight excluding hydrogens is 522 g/mol. The van der Waals surface area contributed by atoms with Crippen LogP contribution in [-0.2, 0) is 20.8 Å². The zero-order valence-electron chi connectivity index (χ0n) is 21.7. The third-order valence-electron chi connectivity index (χ3n) is 7.60. The number of hydrogen-bond donors (Lipinski definition) is 3. The Morgan fingerprint density at radius 2 is 1.90 bits per heavy atom. The molecule has 0 spiro atoms. The van der Waals surface area contributed by atoms with Gasteiger partial charge in [0.2, 0.25) is 17.7 Å². The van der Waals surface area contributed by atoms with Gasteiger partial charge in [0.05, 0.1) is 30.8 Å². The van der Waals surface area contributed by atoms with Gasteiger partial charge in [0.25, 0.3) is 5.91 Å². The highest BCUT2D eigenvalue weighted by Crippen LogP contribution is 2.36. The summed E-state index contributed by atoms with van der Waals surface area (Å²) in [5.74, 6) is -1.80. The van der Waals surface area contributed by atoms with Crippen molar-refractivity contribution in [3.63, 3.8) is 0 Å². The van der Waals surface area contributed by atoms with E-state index in [2.05, 4.69) is 25.6 Å². The van der Waals surface area contributed by atoms with E-state index in [9.17, 15) is 19.2 Å². The number of nitrogens with zero attached hydrogens (tertiary/aromatic N) is 4. The van der Waals surface area contributed by atoms with Gasteiger partial charge in [0.1, 0.15) is 5.69 Å². The van der Waals surface area contributed by atoms with E-state index in [1.54, 1.807) is 35.2 Å². The van der Waals surface area contributed by atoms with Crippen LogP contribution in [0.1, 0.15) is 21.7 Å². The monoisotopic (exact) mass is 551 g/mol. The number of benzene rings is 1. The molecule has 4 heterocycles. The van der Waals surface area contributed by atoms with Crippen LogP contribution >= 0.6 is 11.6 Å². The molecule has 4 amide bonds. The Labute approximate surface area is 230 Å². The summed E-state index contributed by atoms with van der Waals surface area (Å²) in [5.41, 5.74) is 2.58. The lowest BCUT2D eigenvalue weighted by atomic mass is 9.79. The molecule has 2 fully saturated rings. The number of carbonyl (C=O) groups excluding carboxylic acids is 4. The minimum absolute atomic E-state index is 0.0954. The van der Waals surface area contributed by atoms with Gasteiger partial charge in [-0.25, -0.2) is 4.98 Å². The predicted octanol–water partition coefficient (Wildman–Crippen LogP) is 1.17. The molecule has 3 unspecified atom stereocenters. The molecule has 0 bridgehead atoms. The van der Waals surface area contributed by atoms with Crippen molar-refractivity contribution < 1.29 is 19.2 Å². The lowest BCUT2D eigenvalue weighted by molar-refractivity contribution is -0.139. The summed E-state index contributed by atoms with van der Waals surface area (Å²) >= 11 is 6.09. The maximum atomic E-state index is 13.5. The van der Waals surface area contributed by atoms with E-state index in [0.29, 0.717) is 30.4 Å². The molecule has 3 aromatic rings. The summed E-state index contributed by atoms with van der Waals surface area (Å²) in [6, 6.07) is 5.48. The maximum Gasteiger partial charge on any atom is 0.274 e. The molecule has 2 aromatic heterocycles. The molecule has 1 aromatic carbocycles. The number of likely N-dealkylation sites (N-methyl/N-ethyl adjacent to an activating group) is 1. The van der Waals surface area contributed by atoms with Crippen molar-refractivity contribution in [3.8, 4) is 0 Å². The average molecular weight is 552 g/mol. The van der Waals surface area contributed by atoms with Crippen molar-refractivity contribution in [2.75, 3.05) is 39.8 Å². The van der Waals surface area contributed by atoms with Crippen LogP contribution in [-0.4, -0.2) is 88.2 Å². The lowest BCUT2D eigenvalue weighted by Crippen LogP contribution is -2.54. The number of nitrogens with one attached hydrogen (secondary N) is 3. The average Bonchev–Trinajstić information content (AvgIpc) is 3.54. The van der Waals surface area contributed by atoms with E-state index in [4.69, 9.17) is 11.6 Å². The second kappa shape index (κ2) is 11.0. The van der Waals surface area contributed by atoms with Gasteiger partial charge in [-0.1, -0.05) is 17.7 Å². The molecule has 11 nitrogen and oxygen atoms in total. The normalized spacial score (nSPS) is 20.5. The second-order valence-electron chi connectivity index (χ2n) is 10.2. The lowest BCUT2D eigenvalue weighted by Gasteiger charge is -2.39. The summed E-state index contributed by atoms with van der Waals surface area (Å²) in [4.78, 5) is 66.7. The number of piperidine rings is 1. The van der Waals surface area contributed by atoms with Crippen molar-refractivity contribution in [2.45, 2.75) is 13.3 Å². The van der Waals surface area contributed by atoms with E-state index < -0.39 is 5.92 Å². The highest BCUT2D eigenvalue weighted by molar-refractivity contribution is 6.31. The van der Waals surface area contributed by atoms with Gasteiger partial charge < -0.3 is 25.4 Å². The number of aryl methyl sites for hydroxylation is 1. The molecule has 2 aliphatic rings. The molecule has 0 aliphatic carbocycles. The summed E-state index contributed by atoms with van der Waals surface area (Å²) in [7, 11) is 1.50. The first-order valence-electron chi connectivity index (χ1n) is 12.8. The molecular formula is C27H30ClN7O4. The Morgan fingerprint density at radius 1 is 1.10 bits per heavy atom. The first kappa shape index (κ1) is 26.6. The Balaban J connectivity index is 1.35. The quantitative estimate of drug-likeness (QED) is 0.420. The Hall–Kier alpha value is -3.99. The topological polar surface area (TPSA) is 140 Å². The Bertz CT molecular complexity index is 1440. The molecule has 204 valence electrons. The van der Waals surface area contributed by atoms with Crippen molar-refractivity contribution in [2.24, 2.45) is 17.8 Å². The number of fused-ring (bicyclic) bond motifs is 2. The molecule has 0 radical (unpaired) electrons. The molecule has 3 atom stereocenters. The number of H-pyrrole nitrogens is 1. The number of aromatic amines is 1. The third kappa shape index (κ3) is 5.58. The van der Waals surface area contributed by atoms with Gasteiger partial charge in [-0.15, -0.1) is 0 Å². The second-order valence-corrected chi connectivity index (χ2v) is 10.6. The standard InChI is InChI=1S/C27H30ClN7O4/c1-15-7-30-9-23(33-15)27(39)35-12-17-11-34(14-21(20(17)13-35)26(38)32-10-24(36)29-2)25(37)5-16-8-31-22-6-18(28)3-4-19(16)22/h3-4,6-9,17,20-21,31H,5,10-14H2,1-2H3,(H,29,36)(H,32,38). The first-order valence-corrected chi connectivity index (χ1v) is 13.2. The van der Waals surface area contributed by atoms with Gasteiger partial charge in [0, 0.05) is 61.5 Å². The highest BCUT2D eigenvalue weighted by Gasteiger charge is 2.48. The maximum absolute atomic E-state index is 13.5. The minimum Gasteiger partial charge on any atom is -0.361 e. The van der Waals surface area contributed by atoms with Crippen LogP contribution in [0.5, 0.6) is 0 Å². The first-order chi connectivity index (χ1) is 18.7. The number of carbonyl (C=O) groups is 4. The fraction of sp³-hybridized carbons (Fsp3) is 0.407. The molecule has 3 N–H and O–H groups in total. The summed E-state index contributed by atoms with van der Waals surface area (Å²) < 4.78 is 0. The zero-order chi connectivity index (χ0) is 27.7. The van der Waals surface area contributed by atoms with Crippen LogP contribution < -0.4 is 10.6 Å². The van der Waals surface area contributed by atoms with E-state index in [1.165, 1.54) is 13.2 Å². The molecule has 2 saturated heterocycles. The Kier molecular flexibility index (Phi) is 7.51. The fourth-order valence-electron chi connectivity index (χ4n) is 5.62. The number of amides is 4. The van der Waals surface area contributed by atoms with E-state index in [0.717, 1.165) is 16.5 Å². The summed E-state index contributed by atoms with van der Waals surface area (Å²) in [5, 5.41) is 6.71. The van der Waals surface area contributed by atoms with Crippen LogP contribution in [0.15, 0.2) is 36.8 Å². The third-order valence-corrected chi connectivity index (χ3v) is 7.84.